The second kappa shape index (κ2) is 4.01. The summed E-state index contributed by atoms with van der Waals surface area (Å²) >= 11 is 4.19. The Kier molecular flexibility index (Phi) is 2.73. The first-order chi connectivity index (χ1) is 6.83. The molecule has 0 unspecified atom stereocenters. The van der Waals surface area contributed by atoms with Crippen molar-refractivity contribution in [3.8, 4) is 0 Å². The number of hydrogen-bond acceptors (Lipinski definition) is 1. The van der Waals surface area contributed by atoms with Gasteiger partial charge in [-0.3, -0.25) is 0 Å². The maximum Gasteiger partial charge on any atom is 0.131 e. The molecule has 0 saturated heterocycles. The third-order valence-electron chi connectivity index (χ3n) is 2.34. The van der Waals surface area contributed by atoms with E-state index in [1.165, 1.54) is 6.07 Å². The van der Waals surface area contributed by atoms with Crippen LogP contribution in [0.5, 0.6) is 0 Å². The van der Waals surface area contributed by atoms with Gasteiger partial charge in [0.25, 0.3) is 0 Å². The van der Waals surface area contributed by atoms with E-state index in [4.69, 9.17) is 0 Å². The number of fused-ring (bicyclic) bond motifs is 1. The molecular weight excluding hydrogens is 195 g/mol. The Labute approximate surface area is 88.2 Å². The summed E-state index contributed by atoms with van der Waals surface area (Å²) in [7, 11) is 0. The lowest BCUT2D eigenvalue weighted by Crippen LogP contribution is -1.90. The van der Waals surface area contributed by atoms with E-state index in [-0.39, 0.29) is 5.82 Å². The number of rotatable bonds is 2. The van der Waals surface area contributed by atoms with Crippen molar-refractivity contribution in [2.75, 3.05) is 5.75 Å². The average molecular weight is 206 g/mol. The first-order valence-electron chi connectivity index (χ1n) is 4.60. The Hall–Kier alpha value is -1.02. The summed E-state index contributed by atoms with van der Waals surface area (Å²) in [4.78, 5) is 0. The monoisotopic (exact) mass is 206 g/mol. The number of hydrogen-bond donors (Lipinski definition) is 1. The standard InChI is InChI=1S/C12H11FS/c13-12-6-5-9(7-8-14)10-3-1-2-4-11(10)12/h1-6,14H,7-8H2. The summed E-state index contributed by atoms with van der Waals surface area (Å²) < 4.78 is 13.4. The molecule has 0 bridgehead atoms. The van der Waals surface area contributed by atoms with Gasteiger partial charge in [0.15, 0.2) is 0 Å². The van der Waals surface area contributed by atoms with Gasteiger partial charge in [0.05, 0.1) is 0 Å². The summed E-state index contributed by atoms with van der Waals surface area (Å²) in [6, 6.07) is 10.9. The fourth-order valence-electron chi connectivity index (χ4n) is 1.66. The molecule has 2 heteroatoms. The molecule has 2 aromatic rings. The Morgan fingerprint density at radius 3 is 2.43 bits per heavy atom. The van der Waals surface area contributed by atoms with E-state index in [9.17, 15) is 4.39 Å². The predicted octanol–water partition coefficient (Wildman–Crippen LogP) is 3.45. The van der Waals surface area contributed by atoms with Gasteiger partial charge < -0.3 is 0 Å². The number of aryl methyl sites for hydroxylation is 1. The third-order valence-corrected chi connectivity index (χ3v) is 2.57. The molecule has 0 heterocycles. The topological polar surface area (TPSA) is 0 Å². The van der Waals surface area contributed by atoms with Crippen molar-refractivity contribution >= 4 is 23.4 Å². The largest absolute Gasteiger partial charge is 0.206 e. The van der Waals surface area contributed by atoms with Gasteiger partial charge in [0.2, 0.25) is 0 Å². The number of halogens is 1. The van der Waals surface area contributed by atoms with Gasteiger partial charge in [-0.15, -0.1) is 0 Å². The van der Waals surface area contributed by atoms with Gasteiger partial charge in [0.1, 0.15) is 5.82 Å². The second-order valence-corrected chi connectivity index (χ2v) is 3.67. The zero-order valence-corrected chi connectivity index (χ0v) is 8.60. The molecule has 2 rings (SSSR count). The minimum atomic E-state index is -0.150. The van der Waals surface area contributed by atoms with Crippen LogP contribution in [0.1, 0.15) is 5.56 Å². The van der Waals surface area contributed by atoms with Crippen molar-refractivity contribution in [3.63, 3.8) is 0 Å². The van der Waals surface area contributed by atoms with Crippen molar-refractivity contribution in [1.29, 1.82) is 0 Å². The van der Waals surface area contributed by atoms with Gasteiger partial charge in [-0.1, -0.05) is 30.3 Å². The minimum absolute atomic E-state index is 0.150. The highest BCUT2D eigenvalue weighted by atomic mass is 32.1. The fourth-order valence-corrected chi connectivity index (χ4v) is 1.90. The van der Waals surface area contributed by atoms with Gasteiger partial charge in [-0.25, -0.2) is 4.39 Å². The van der Waals surface area contributed by atoms with Crippen LogP contribution in [0.25, 0.3) is 10.8 Å². The van der Waals surface area contributed by atoms with Crippen molar-refractivity contribution in [1.82, 2.24) is 0 Å². The van der Waals surface area contributed by atoms with Crippen LogP contribution < -0.4 is 0 Å². The first kappa shape index (κ1) is 9.53. The highest BCUT2D eigenvalue weighted by molar-refractivity contribution is 7.80. The fraction of sp³-hybridized carbons (Fsp3) is 0.167. The average Bonchev–Trinajstić information content (AvgIpc) is 2.23. The normalized spacial score (nSPS) is 10.7. The molecule has 0 spiro atoms. The van der Waals surface area contributed by atoms with Crippen LogP contribution in [0.3, 0.4) is 0 Å². The second-order valence-electron chi connectivity index (χ2n) is 3.23. The molecule has 72 valence electrons. The summed E-state index contributed by atoms with van der Waals surface area (Å²) in [5.41, 5.74) is 1.16. The van der Waals surface area contributed by atoms with Crippen LogP contribution in [0, 0.1) is 5.82 Å². The highest BCUT2D eigenvalue weighted by Gasteiger charge is 2.03. The summed E-state index contributed by atoms with van der Waals surface area (Å²) in [6.45, 7) is 0. The van der Waals surface area contributed by atoms with Crippen molar-refractivity contribution in [2.45, 2.75) is 6.42 Å². The van der Waals surface area contributed by atoms with Crippen LogP contribution in [-0.2, 0) is 6.42 Å². The molecule has 0 aliphatic rings. The van der Waals surface area contributed by atoms with E-state index >= 15 is 0 Å². The van der Waals surface area contributed by atoms with Crippen LogP contribution in [0.15, 0.2) is 36.4 Å². The molecular formula is C12H11FS. The van der Waals surface area contributed by atoms with Crippen molar-refractivity contribution in [3.05, 3.63) is 47.8 Å². The molecule has 0 radical (unpaired) electrons. The van der Waals surface area contributed by atoms with E-state index in [0.29, 0.717) is 5.39 Å². The molecule has 0 fully saturated rings. The molecule has 0 aliphatic heterocycles. The molecule has 0 N–H and O–H groups in total. The summed E-state index contributed by atoms with van der Waals surface area (Å²) in [5, 5.41) is 1.70. The quantitative estimate of drug-likeness (QED) is 0.715. The number of benzene rings is 2. The smallest absolute Gasteiger partial charge is 0.131 e. The maximum absolute atomic E-state index is 13.4. The molecule has 0 atom stereocenters. The van der Waals surface area contributed by atoms with E-state index in [1.54, 1.807) is 0 Å². The van der Waals surface area contributed by atoms with Gasteiger partial charge in [-0.05, 0) is 29.2 Å². The Morgan fingerprint density at radius 1 is 1.00 bits per heavy atom. The van der Waals surface area contributed by atoms with Gasteiger partial charge in [-0.2, -0.15) is 12.6 Å². The summed E-state index contributed by atoms with van der Waals surface area (Å²) in [6.07, 6.45) is 0.879. The Balaban J connectivity index is 2.68. The molecule has 2 aromatic carbocycles. The lowest BCUT2D eigenvalue weighted by molar-refractivity contribution is 0.639. The highest BCUT2D eigenvalue weighted by Crippen LogP contribution is 2.22. The van der Waals surface area contributed by atoms with Crippen molar-refractivity contribution < 1.29 is 4.39 Å². The lowest BCUT2D eigenvalue weighted by atomic mass is 10.0. The molecule has 0 saturated carbocycles. The van der Waals surface area contributed by atoms with Gasteiger partial charge in [0, 0.05) is 5.39 Å². The third kappa shape index (κ3) is 1.62. The lowest BCUT2D eigenvalue weighted by Gasteiger charge is -2.05. The van der Waals surface area contributed by atoms with Gasteiger partial charge >= 0.3 is 0 Å². The zero-order valence-electron chi connectivity index (χ0n) is 7.70. The molecule has 0 nitrogen and oxygen atoms in total. The van der Waals surface area contributed by atoms with Crippen LogP contribution in [0.2, 0.25) is 0 Å². The molecule has 0 amide bonds. The Bertz CT molecular complexity index is 451. The predicted molar refractivity (Wildman–Crippen MR) is 61.5 cm³/mol. The molecule has 0 aliphatic carbocycles. The van der Waals surface area contributed by atoms with E-state index in [2.05, 4.69) is 12.6 Å². The maximum atomic E-state index is 13.4. The Morgan fingerprint density at radius 2 is 1.71 bits per heavy atom. The van der Waals surface area contributed by atoms with E-state index < -0.39 is 0 Å². The minimum Gasteiger partial charge on any atom is -0.206 e. The first-order valence-corrected chi connectivity index (χ1v) is 5.23. The van der Waals surface area contributed by atoms with E-state index in [0.717, 1.165) is 23.1 Å². The van der Waals surface area contributed by atoms with Crippen LogP contribution in [-0.4, -0.2) is 5.75 Å². The molecule has 14 heavy (non-hydrogen) atoms. The van der Waals surface area contributed by atoms with Crippen LogP contribution in [0.4, 0.5) is 4.39 Å². The molecule has 0 aromatic heterocycles. The summed E-state index contributed by atoms with van der Waals surface area (Å²) in [5.74, 6) is 0.638. The van der Waals surface area contributed by atoms with E-state index in [1.807, 2.05) is 30.3 Å². The zero-order chi connectivity index (χ0) is 9.97. The SMILES string of the molecule is Fc1ccc(CCS)c2ccccc12. The number of thiol groups is 1. The van der Waals surface area contributed by atoms with Crippen molar-refractivity contribution in [2.24, 2.45) is 0 Å². The van der Waals surface area contributed by atoms with Crippen LogP contribution >= 0.6 is 12.6 Å².